The van der Waals surface area contributed by atoms with E-state index in [0.29, 0.717) is 0 Å². The average molecular weight is 937 g/mol. The normalized spacial score (nSPS) is 12.7. The van der Waals surface area contributed by atoms with Crippen molar-refractivity contribution in [3.8, 4) is 33.4 Å². The minimum absolute atomic E-state index is 0.874. The SMILES string of the molecule is C[Si]1(C)c2cc(N(c3ccccc3-c3ccccc3)c3cccc4c3oc3ccccc34)ccc2-c2cc3c4ccccc4c(N(c4ccccc4)c4ccc(-c5ccccc5)cc4)cc3c3cccc1c23. The van der Waals surface area contributed by atoms with Crippen molar-refractivity contribution in [2.24, 2.45) is 0 Å². The Bertz CT molecular complexity index is 4240. The van der Waals surface area contributed by atoms with Gasteiger partial charge >= 0.3 is 0 Å². The summed E-state index contributed by atoms with van der Waals surface area (Å²) in [5, 5.41) is 12.7. The van der Waals surface area contributed by atoms with Crippen LogP contribution in [0, 0.1) is 0 Å². The van der Waals surface area contributed by atoms with Crippen LogP contribution < -0.4 is 20.2 Å². The van der Waals surface area contributed by atoms with Gasteiger partial charge in [0, 0.05) is 38.8 Å². The second kappa shape index (κ2) is 16.6. The number of rotatable bonds is 8. The summed E-state index contributed by atoms with van der Waals surface area (Å²) in [7, 11) is -2.37. The van der Waals surface area contributed by atoms with Crippen molar-refractivity contribution < 1.29 is 4.42 Å². The van der Waals surface area contributed by atoms with Crippen molar-refractivity contribution >= 4 is 107 Å². The highest BCUT2D eigenvalue weighted by molar-refractivity contribution is 7.03. The van der Waals surface area contributed by atoms with Crippen LogP contribution in [-0.2, 0) is 0 Å². The fraction of sp³-hybridized carbons (Fsp3) is 0.0294. The molecule has 4 heteroatoms. The van der Waals surface area contributed by atoms with Gasteiger partial charge in [0.25, 0.3) is 0 Å². The lowest BCUT2D eigenvalue weighted by Gasteiger charge is -2.36. The topological polar surface area (TPSA) is 19.6 Å². The van der Waals surface area contributed by atoms with E-state index in [9.17, 15) is 0 Å². The highest BCUT2D eigenvalue weighted by Gasteiger charge is 2.37. The maximum atomic E-state index is 6.83. The van der Waals surface area contributed by atoms with Crippen LogP contribution in [-0.4, -0.2) is 8.07 Å². The molecule has 12 aromatic carbocycles. The van der Waals surface area contributed by atoms with Crippen molar-refractivity contribution in [1.82, 2.24) is 0 Å². The number of hydrogen-bond donors (Lipinski definition) is 0. The quantitative estimate of drug-likeness (QED) is 0.112. The standard InChI is InChI=1S/C68H48N2OSi/c1-72(2)65-35-19-30-56-59-44-63(69(48-24-10-5-11-25-48)49-38-36-46(37-39-49)45-20-6-3-7-21-45)53-28-13-12-27-52(53)58(59)43-60(67(56)65)55-41-40-50(42-66(55)72)70(61-32-16-14-26-51(61)47-22-8-4-9-23-47)62-33-18-31-57-54-29-15-17-34-64(54)71-68(57)62/h3-44H,1-2H3. The molecule has 0 bridgehead atoms. The maximum absolute atomic E-state index is 6.83. The van der Waals surface area contributed by atoms with Gasteiger partial charge in [-0.05, 0) is 132 Å². The van der Waals surface area contributed by atoms with Crippen molar-refractivity contribution in [2.45, 2.75) is 13.1 Å². The zero-order chi connectivity index (χ0) is 47.9. The molecule has 3 nitrogen and oxygen atoms in total. The fourth-order valence-electron chi connectivity index (χ4n) is 11.8. The van der Waals surface area contributed by atoms with Crippen LogP contribution in [0.5, 0.6) is 0 Å². The van der Waals surface area contributed by atoms with Gasteiger partial charge in [-0.3, -0.25) is 0 Å². The van der Waals surface area contributed by atoms with Crippen LogP contribution in [0.3, 0.4) is 0 Å². The highest BCUT2D eigenvalue weighted by atomic mass is 28.3. The molecule has 0 amide bonds. The van der Waals surface area contributed by atoms with Crippen LogP contribution in [0.4, 0.5) is 34.1 Å². The molecule has 0 aliphatic carbocycles. The Labute approximate surface area is 420 Å². The number of fused-ring (bicyclic) bond motifs is 9. The van der Waals surface area contributed by atoms with Gasteiger partial charge in [-0.25, -0.2) is 0 Å². The van der Waals surface area contributed by atoms with E-state index < -0.39 is 8.07 Å². The summed E-state index contributed by atoms with van der Waals surface area (Å²) in [6.07, 6.45) is 0. The molecule has 0 spiro atoms. The number of furan rings is 1. The molecule has 0 saturated carbocycles. The van der Waals surface area contributed by atoms with Gasteiger partial charge in [0.2, 0.25) is 0 Å². The van der Waals surface area contributed by atoms with Gasteiger partial charge in [-0.15, -0.1) is 0 Å². The largest absolute Gasteiger partial charge is 0.454 e. The van der Waals surface area contributed by atoms with E-state index in [4.69, 9.17) is 4.42 Å². The summed E-state index contributed by atoms with van der Waals surface area (Å²) in [6, 6.07) is 93.3. The summed E-state index contributed by atoms with van der Waals surface area (Å²) in [5.41, 5.74) is 15.7. The van der Waals surface area contributed by atoms with E-state index >= 15 is 0 Å². The number of benzene rings is 12. The second-order valence-electron chi connectivity index (χ2n) is 19.6. The van der Waals surface area contributed by atoms with Crippen molar-refractivity contribution in [3.63, 3.8) is 0 Å². The van der Waals surface area contributed by atoms with Crippen LogP contribution in [0.15, 0.2) is 259 Å². The smallest absolute Gasteiger partial charge is 0.159 e. The third kappa shape index (κ3) is 6.57. The zero-order valence-electron chi connectivity index (χ0n) is 40.1. The first-order chi connectivity index (χ1) is 35.5. The molecule has 72 heavy (non-hydrogen) atoms. The molecule has 2 heterocycles. The van der Waals surface area contributed by atoms with E-state index in [1.807, 2.05) is 0 Å². The summed E-state index contributed by atoms with van der Waals surface area (Å²) in [4.78, 5) is 4.88. The Morgan fingerprint density at radius 1 is 0.306 bits per heavy atom. The number of anilines is 6. The van der Waals surface area contributed by atoms with Crippen LogP contribution in [0.2, 0.25) is 13.1 Å². The monoisotopic (exact) mass is 936 g/mol. The third-order valence-electron chi connectivity index (χ3n) is 15.2. The van der Waals surface area contributed by atoms with E-state index in [-0.39, 0.29) is 0 Å². The lowest BCUT2D eigenvalue weighted by atomic mass is 9.89. The first-order valence-electron chi connectivity index (χ1n) is 24.9. The molecule has 1 aromatic heterocycles. The lowest BCUT2D eigenvalue weighted by Crippen LogP contribution is -2.56. The molecule has 1 aliphatic heterocycles. The Morgan fingerprint density at radius 3 is 1.67 bits per heavy atom. The molecule has 0 atom stereocenters. The summed E-state index contributed by atoms with van der Waals surface area (Å²) < 4.78 is 6.83. The summed E-state index contributed by atoms with van der Waals surface area (Å²) in [6.45, 7) is 5.09. The zero-order valence-corrected chi connectivity index (χ0v) is 41.1. The van der Waals surface area contributed by atoms with Gasteiger partial charge in [0.15, 0.2) is 5.58 Å². The van der Waals surface area contributed by atoms with Gasteiger partial charge in [0.1, 0.15) is 13.7 Å². The predicted octanol–water partition coefficient (Wildman–Crippen LogP) is 18.1. The third-order valence-corrected chi connectivity index (χ3v) is 18.7. The molecule has 1 aliphatic rings. The first kappa shape index (κ1) is 42.0. The summed E-state index contributed by atoms with van der Waals surface area (Å²) >= 11 is 0. The Kier molecular flexibility index (Phi) is 9.67. The van der Waals surface area contributed by atoms with E-state index in [2.05, 4.69) is 278 Å². The number of hydrogen-bond acceptors (Lipinski definition) is 3. The molecular weight excluding hydrogens is 889 g/mol. The molecule has 14 rings (SSSR count). The summed E-state index contributed by atoms with van der Waals surface area (Å²) in [5.74, 6) is 0. The Balaban J connectivity index is 0.987. The fourth-order valence-corrected chi connectivity index (χ4v) is 14.9. The minimum atomic E-state index is -2.37. The van der Waals surface area contributed by atoms with E-state index in [1.165, 1.54) is 70.5 Å². The Morgan fingerprint density at radius 2 is 0.875 bits per heavy atom. The maximum Gasteiger partial charge on any atom is 0.159 e. The molecule has 0 radical (unpaired) electrons. The van der Waals surface area contributed by atoms with E-state index in [0.717, 1.165) is 61.6 Å². The van der Waals surface area contributed by atoms with Crippen molar-refractivity contribution in [1.29, 1.82) is 0 Å². The van der Waals surface area contributed by atoms with Gasteiger partial charge < -0.3 is 14.2 Å². The number of nitrogens with zero attached hydrogens (tertiary/aromatic N) is 2. The minimum Gasteiger partial charge on any atom is -0.454 e. The average Bonchev–Trinajstić information content (AvgIpc) is 3.83. The molecule has 340 valence electrons. The molecule has 0 saturated heterocycles. The van der Waals surface area contributed by atoms with E-state index in [1.54, 1.807) is 0 Å². The molecule has 0 fully saturated rings. The predicted molar refractivity (Wildman–Crippen MR) is 309 cm³/mol. The molecule has 13 aromatic rings. The first-order valence-corrected chi connectivity index (χ1v) is 27.9. The van der Waals surface area contributed by atoms with Crippen LogP contribution >= 0.6 is 0 Å². The van der Waals surface area contributed by atoms with Gasteiger partial charge in [0.05, 0.1) is 17.1 Å². The van der Waals surface area contributed by atoms with Crippen molar-refractivity contribution in [2.75, 3.05) is 9.80 Å². The van der Waals surface area contributed by atoms with Crippen molar-refractivity contribution in [3.05, 3.63) is 255 Å². The Hall–Kier alpha value is -8.96. The molecule has 0 N–H and O–H groups in total. The molecule has 0 unspecified atom stereocenters. The van der Waals surface area contributed by atoms with Crippen LogP contribution in [0.25, 0.3) is 87.6 Å². The van der Waals surface area contributed by atoms with Gasteiger partial charge in [-0.2, -0.15) is 0 Å². The second-order valence-corrected chi connectivity index (χ2v) is 23.9. The number of para-hydroxylation sites is 4. The molecular formula is C68H48N2OSi. The van der Waals surface area contributed by atoms with Gasteiger partial charge in [-0.1, -0.05) is 201 Å². The highest BCUT2D eigenvalue weighted by Crippen LogP contribution is 2.49. The lowest BCUT2D eigenvalue weighted by molar-refractivity contribution is 0.669. The van der Waals surface area contributed by atoms with Crippen LogP contribution in [0.1, 0.15) is 0 Å².